The normalized spacial score (nSPS) is 25.0. The lowest BCUT2D eigenvalue weighted by atomic mass is 9.97. The summed E-state index contributed by atoms with van der Waals surface area (Å²) in [6.07, 6.45) is 38.4. The van der Waals surface area contributed by atoms with Crippen molar-refractivity contribution < 1.29 is 64.6 Å². The van der Waals surface area contributed by atoms with E-state index in [2.05, 4.69) is 19.2 Å². The van der Waals surface area contributed by atoms with Gasteiger partial charge in [-0.2, -0.15) is 0 Å². The Morgan fingerprint density at radius 3 is 1.23 bits per heavy atom. The second-order valence-electron chi connectivity index (χ2n) is 22.6. The van der Waals surface area contributed by atoms with Crippen LogP contribution >= 0.6 is 0 Å². The molecular weight excluding hydrogens is 955 g/mol. The molecule has 2 aliphatic rings. The summed E-state index contributed by atoms with van der Waals surface area (Å²) >= 11 is 0. The van der Waals surface area contributed by atoms with Crippen LogP contribution in [0.25, 0.3) is 0 Å². The Labute approximate surface area is 456 Å². The van der Waals surface area contributed by atoms with Crippen LogP contribution in [0.3, 0.4) is 0 Å². The number of ether oxygens (including phenoxy) is 4. The Morgan fingerprint density at radius 2 is 0.827 bits per heavy atom. The standard InChI is InChI=1S/C61H117NO13/c1-3-5-7-9-11-13-15-17-18-19-20-21-22-23-24-25-26-27-28-29-30-31-33-34-36-38-40-42-44-50(65)49(62-53(66)45-43-41-39-37-35-32-16-14-12-10-8-6-4-2)48-72-60-58(71)56(69)59(52(47-64)74-60)75-61-57(70)55(68)54(67)51(46-63)73-61/h42,44,49-52,54-61,63-65,67-71H,3-41,43,45-48H2,1-2H3,(H,62,66)/b44-42+. The summed E-state index contributed by atoms with van der Waals surface area (Å²) in [6, 6.07) is -0.909. The quantitative estimate of drug-likeness (QED) is 0.0204. The van der Waals surface area contributed by atoms with Crippen molar-refractivity contribution in [3.8, 4) is 0 Å². The first-order valence-electron chi connectivity index (χ1n) is 31.4. The Morgan fingerprint density at radius 1 is 0.467 bits per heavy atom. The molecule has 14 nitrogen and oxygen atoms in total. The molecule has 0 aliphatic carbocycles. The van der Waals surface area contributed by atoms with Crippen LogP contribution in [-0.4, -0.2) is 140 Å². The third-order valence-corrected chi connectivity index (χ3v) is 15.7. The van der Waals surface area contributed by atoms with Crippen LogP contribution in [0.5, 0.6) is 0 Å². The molecule has 0 saturated carbocycles. The van der Waals surface area contributed by atoms with Gasteiger partial charge in [-0.25, -0.2) is 0 Å². The number of aliphatic hydroxyl groups is 8. The number of unbranched alkanes of at least 4 members (excludes halogenated alkanes) is 38. The number of aliphatic hydroxyl groups excluding tert-OH is 8. The number of nitrogens with one attached hydrogen (secondary N) is 1. The van der Waals surface area contributed by atoms with E-state index in [9.17, 15) is 45.6 Å². The summed E-state index contributed by atoms with van der Waals surface area (Å²) in [5, 5.41) is 87.1. The van der Waals surface area contributed by atoms with Crippen molar-refractivity contribution in [3.63, 3.8) is 0 Å². The Bertz CT molecular complexity index is 1310. The summed E-state index contributed by atoms with van der Waals surface area (Å²) in [5.74, 6) is -0.235. The van der Waals surface area contributed by atoms with Crippen LogP contribution < -0.4 is 5.32 Å². The van der Waals surface area contributed by atoms with Gasteiger partial charge in [-0.3, -0.25) is 4.79 Å². The van der Waals surface area contributed by atoms with Crippen molar-refractivity contribution in [3.05, 3.63) is 12.2 Å². The lowest BCUT2D eigenvalue weighted by Crippen LogP contribution is -2.65. The van der Waals surface area contributed by atoms with Crippen LogP contribution in [0.4, 0.5) is 0 Å². The zero-order valence-electron chi connectivity index (χ0n) is 47.8. The summed E-state index contributed by atoms with van der Waals surface area (Å²) in [4.78, 5) is 13.2. The van der Waals surface area contributed by atoms with Crippen molar-refractivity contribution in [1.29, 1.82) is 0 Å². The van der Waals surface area contributed by atoms with E-state index in [1.165, 1.54) is 212 Å². The molecule has 0 aromatic carbocycles. The van der Waals surface area contributed by atoms with Gasteiger partial charge in [0.15, 0.2) is 12.6 Å². The van der Waals surface area contributed by atoms with E-state index in [1.54, 1.807) is 6.08 Å². The third kappa shape index (κ3) is 33.2. The predicted octanol–water partition coefficient (Wildman–Crippen LogP) is 11.1. The smallest absolute Gasteiger partial charge is 0.220 e. The maximum atomic E-state index is 13.2. The van der Waals surface area contributed by atoms with E-state index < -0.39 is 86.8 Å². The van der Waals surface area contributed by atoms with Crippen molar-refractivity contribution in [2.24, 2.45) is 0 Å². The largest absolute Gasteiger partial charge is 0.394 e. The molecule has 75 heavy (non-hydrogen) atoms. The summed E-state index contributed by atoms with van der Waals surface area (Å²) in [5.41, 5.74) is 0. The number of hydrogen-bond donors (Lipinski definition) is 9. The highest BCUT2D eigenvalue weighted by molar-refractivity contribution is 5.76. The topological polar surface area (TPSA) is 228 Å². The minimum absolute atomic E-state index is 0.235. The van der Waals surface area contributed by atoms with E-state index in [4.69, 9.17) is 18.9 Å². The van der Waals surface area contributed by atoms with E-state index in [0.717, 1.165) is 38.5 Å². The zero-order valence-corrected chi connectivity index (χ0v) is 47.8. The second-order valence-corrected chi connectivity index (χ2v) is 22.6. The maximum Gasteiger partial charge on any atom is 0.220 e. The van der Waals surface area contributed by atoms with Crippen LogP contribution in [-0.2, 0) is 23.7 Å². The molecule has 0 bridgehead atoms. The summed E-state index contributed by atoms with van der Waals surface area (Å²) < 4.78 is 22.8. The number of carbonyl (C=O) groups is 1. The van der Waals surface area contributed by atoms with Gasteiger partial charge in [0.1, 0.15) is 48.8 Å². The fraction of sp³-hybridized carbons (Fsp3) is 0.951. The van der Waals surface area contributed by atoms with Crippen molar-refractivity contribution in [2.75, 3.05) is 19.8 Å². The van der Waals surface area contributed by atoms with Gasteiger partial charge >= 0.3 is 0 Å². The van der Waals surface area contributed by atoms with E-state index in [-0.39, 0.29) is 18.9 Å². The lowest BCUT2D eigenvalue weighted by molar-refractivity contribution is -0.359. The molecular formula is C61H117NO13. The molecule has 12 unspecified atom stereocenters. The molecule has 12 atom stereocenters. The highest BCUT2D eigenvalue weighted by atomic mass is 16.7. The van der Waals surface area contributed by atoms with Crippen molar-refractivity contribution in [2.45, 2.75) is 351 Å². The maximum absolute atomic E-state index is 13.2. The average molecular weight is 1070 g/mol. The molecule has 2 heterocycles. The molecule has 0 aromatic heterocycles. The van der Waals surface area contributed by atoms with Crippen LogP contribution in [0.1, 0.15) is 277 Å². The molecule has 2 rings (SSSR count). The minimum Gasteiger partial charge on any atom is -0.394 e. The molecule has 0 aromatic rings. The minimum atomic E-state index is -1.79. The van der Waals surface area contributed by atoms with Gasteiger partial charge in [-0.15, -0.1) is 0 Å². The first-order chi connectivity index (χ1) is 36.6. The van der Waals surface area contributed by atoms with Gasteiger partial charge in [0, 0.05) is 6.42 Å². The Kier molecular flexibility index (Phi) is 44.3. The molecule has 14 heteroatoms. The number of allylic oxidation sites excluding steroid dienone is 1. The lowest BCUT2D eigenvalue weighted by Gasteiger charge is -2.46. The van der Waals surface area contributed by atoms with Crippen LogP contribution in [0.15, 0.2) is 12.2 Å². The molecule has 9 N–H and O–H groups in total. The summed E-state index contributed by atoms with van der Waals surface area (Å²) in [6.45, 7) is 2.83. The molecule has 0 radical (unpaired) electrons. The highest BCUT2D eigenvalue weighted by Gasteiger charge is 2.51. The first-order valence-corrected chi connectivity index (χ1v) is 31.4. The molecule has 444 valence electrons. The van der Waals surface area contributed by atoms with Gasteiger partial charge in [0.2, 0.25) is 5.91 Å². The van der Waals surface area contributed by atoms with Gasteiger partial charge in [-0.1, -0.05) is 264 Å². The number of hydrogen-bond acceptors (Lipinski definition) is 13. The van der Waals surface area contributed by atoms with Gasteiger partial charge in [-0.05, 0) is 19.3 Å². The second kappa shape index (κ2) is 47.5. The molecule has 2 fully saturated rings. The zero-order chi connectivity index (χ0) is 54.6. The Hall–Kier alpha value is -1.27. The number of carbonyl (C=O) groups excluding carboxylic acids is 1. The SMILES string of the molecule is CCCCCCCCCCCCCCCCCCCCCCCCCCCC/C=C/C(O)C(COC1OC(CO)C(OC2OC(CO)C(O)C(O)C2O)C(O)C1O)NC(=O)CCCCCCCCCCCCCCC. The Balaban J connectivity index is 1.69. The first kappa shape index (κ1) is 69.8. The predicted molar refractivity (Wildman–Crippen MR) is 300 cm³/mol. The number of rotatable bonds is 51. The number of amides is 1. The van der Waals surface area contributed by atoms with E-state index in [1.807, 2.05) is 6.08 Å². The van der Waals surface area contributed by atoms with E-state index >= 15 is 0 Å². The third-order valence-electron chi connectivity index (χ3n) is 15.7. The van der Waals surface area contributed by atoms with Crippen LogP contribution in [0.2, 0.25) is 0 Å². The van der Waals surface area contributed by atoms with Gasteiger partial charge in [0.05, 0.1) is 32.0 Å². The highest BCUT2D eigenvalue weighted by Crippen LogP contribution is 2.30. The van der Waals surface area contributed by atoms with Crippen LogP contribution in [0, 0.1) is 0 Å². The average Bonchev–Trinajstić information content (AvgIpc) is 3.41. The van der Waals surface area contributed by atoms with E-state index in [0.29, 0.717) is 6.42 Å². The van der Waals surface area contributed by atoms with Gasteiger partial charge in [0.25, 0.3) is 0 Å². The van der Waals surface area contributed by atoms with Gasteiger partial charge < -0.3 is 65.1 Å². The fourth-order valence-corrected chi connectivity index (χ4v) is 10.6. The molecule has 2 saturated heterocycles. The fourth-order valence-electron chi connectivity index (χ4n) is 10.6. The molecule has 1 amide bonds. The van der Waals surface area contributed by atoms with Crippen molar-refractivity contribution >= 4 is 5.91 Å². The van der Waals surface area contributed by atoms with Crippen molar-refractivity contribution in [1.82, 2.24) is 5.32 Å². The monoisotopic (exact) mass is 1070 g/mol. The molecule has 2 aliphatic heterocycles. The summed E-state index contributed by atoms with van der Waals surface area (Å²) in [7, 11) is 0. The molecule has 0 spiro atoms.